The Morgan fingerprint density at radius 1 is 1.43 bits per heavy atom. The first-order valence-corrected chi connectivity index (χ1v) is 8.62. The minimum Gasteiger partial charge on any atom is -0.384 e. The van der Waals surface area contributed by atoms with E-state index >= 15 is 0 Å². The highest BCUT2D eigenvalue weighted by Crippen LogP contribution is 2.41. The number of anilines is 1. The van der Waals surface area contributed by atoms with Crippen molar-refractivity contribution < 1.29 is 9.53 Å². The number of nitrogens with zero attached hydrogens (tertiary/aromatic N) is 3. The highest BCUT2D eigenvalue weighted by atomic mass is 32.2. The molecule has 0 saturated heterocycles. The van der Waals surface area contributed by atoms with Crippen LogP contribution in [0.5, 0.6) is 0 Å². The summed E-state index contributed by atoms with van der Waals surface area (Å²) in [5.41, 5.74) is 1.75. The summed E-state index contributed by atoms with van der Waals surface area (Å²) in [5, 5.41) is 12.4. The summed E-state index contributed by atoms with van der Waals surface area (Å²) < 4.78 is 7.21. The Balaban J connectivity index is 1.93. The zero-order valence-corrected chi connectivity index (χ0v) is 14.1. The van der Waals surface area contributed by atoms with Crippen molar-refractivity contribution in [2.24, 2.45) is 0 Å². The van der Waals surface area contributed by atoms with Crippen LogP contribution < -0.4 is 5.32 Å². The van der Waals surface area contributed by atoms with Crippen molar-refractivity contribution >= 4 is 23.4 Å². The number of carbonyl (C=O) groups is 1. The summed E-state index contributed by atoms with van der Waals surface area (Å²) in [4.78, 5) is 11.3. The van der Waals surface area contributed by atoms with Gasteiger partial charge in [0, 0.05) is 31.4 Å². The highest BCUT2D eigenvalue weighted by molar-refractivity contribution is 7.99. The predicted octanol–water partition coefficient (Wildman–Crippen LogP) is 2.84. The molecule has 0 spiro atoms. The molecule has 23 heavy (non-hydrogen) atoms. The molecule has 0 atom stereocenters. The molecule has 7 heteroatoms. The van der Waals surface area contributed by atoms with E-state index < -0.39 is 0 Å². The summed E-state index contributed by atoms with van der Waals surface area (Å²) in [6.07, 6.45) is 2.32. The van der Waals surface area contributed by atoms with Gasteiger partial charge in [-0.2, -0.15) is 0 Å². The third-order valence-corrected chi connectivity index (χ3v) is 4.44. The molecule has 3 rings (SSSR count). The van der Waals surface area contributed by atoms with E-state index in [-0.39, 0.29) is 5.91 Å². The molecular weight excluding hydrogens is 312 g/mol. The predicted molar refractivity (Wildman–Crippen MR) is 90.2 cm³/mol. The second kappa shape index (κ2) is 7.14. The van der Waals surface area contributed by atoms with Crippen molar-refractivity contribution in [2.45, 2.75) is 30.8 Å². The fourth-order valence-electron chi connectivity index (χ4n) is 2.37. The van der Waals surface area contributed by atoms with Crippen LogP contribution in [-0.4, -0.2) is 40.1 Å². The number of methoxy groups -OCH3 is 1. The Hall–Kier alpha value is -1.86. The molecule has 0 aliphatic heterocycles. The van der Waals surface area contributed by atoms with Gasteiger partial charge in [0.25, 0.3) is 0 Å². The van der Waals surface area contributed by atoms with Crippen molar-refractivity contribution in [3.63, 3.8) is 0 Å². The molecule has 1 saturated carbocycles. The number of carbonyl (C=O) groups excluding carboxylic acids is 1. The lowest BCUT2D eigenvalue weighted by Gasteiger charge is -2.11. The molecule has 1 amide bonds. The molecule has 0 bridgehead atoms. The molecule has 122 valence electrons. The van der Waals surface area contributed by atoms with Gasteiger partial charge in [0.05, 0.1) is 12.3 Å². The average Bonchev–Trinajstić information content (AvgIpc) is 3.28. The standard InChI is InChI=1S/C16H20N4O2S/c1-11(21)17-13-4-3-5-14(10-13)20-15(12-6-7-12)18-19-16(20)23-9-8-22-2/h3-5,10,12H,6-9H2,1-2H3,(H,17,21). The zero-order valence-electron chi connectivity index (χ0n) is 13.3. The number of ether oxygens (including phenoxy) is 1. The average molecular weight is 332 g/mol. The summed E-state index contributed by atoms with van der Waals surface area (Å²) in [5.74, 6) is 2.24. The quantitative estimate of drug-likeness (QED) is 0.624. The summed E-state index contributed by atoms with van der Waals surface area (Å²) in [6, 6.07) is 7.78. The van der Waals surface area contributed by atoms with Crippen molar-refractivity contribution in [1.82, 2.24) is 14.8 Å². The lowest BCUT2D eigenvalue weighted by molar-refractivity contribution is -0.114. The van der Waals surface area contributed by atoms with E-state index in [1.165, 1.54) is 6.92 Å². The van der Waals surface area contributed by atoms with Crippen LogP contribution >= 0.6 is 11.8 Å². The molecule has 1 N–H and O–H groups in total. The van der Waals surface area contributed by atoms with E-state index in [1.807, 2.05) is 24.3 Å². The number of rotatable bonds is 7. The van der Waals surface area contributed by atoms with Crippen molar-refractivity contribution in [1.29, 1.82) is 0 Å². The Kier molecular flexibility index (Phi) is 4.97. The maximum absolute atomic E-state index is 11.3. The molecule has 6 nitrogen and oxygen atoms in total. The lowest BCUT2D eigenvalue weighted by atomic mass is 10.2. The van der Waals surface area contributed by atoms with Crippen LogP contribution in [0.1, 0.15) is 31.5 Å². The molecule has 1 aliphatic rings. The van der Waals surface area contributed by atoms with E-state index in [2.05, 4.69) is 20.1 Å². The van der Waals surface area contributed by atoms with Crippen molar-refractivity contribution in [3.05, 3.63) is 30.1 Å². The van der Waals surface area contributed by atoms with E-state index in [0.717, 1.165) is 41.0 Å². The first-order valence-electron chi connectivity index (χ1n) is 7.64. The van der Waals surface area contributed by atoms with Gasteiger partial charge in [0.1, 0.15) is 5.82 Å². The molecule has 1 fully saturated rings. The second-order valence-electron chi connectivity index (χ2n) is 5.52. The smallest absolute Gasteiger partial charge is 0.221 e. The maximum atomic E-state index is 11.3. The topological polar surface area (TPSA) is 69.0 Å². The van der Waals surface area contributed by atoms with Crippen LogP contribution in [-0.2, 0) is 9.53 Å². The number of hydrogen-bond acceptors (Lipinski definition) is 5. The molecular formula is C16H20N4O2S. The van der Waals surface area contributed by atoms with Crippen LogP contribution in [0.25, 0.3) is 5.69 Å². The Morgan fingerprint density at radius 3 is 2.96 bits per heavy atom. The number of aromatic nitrogens is 3. The van der Waals surface area contributed by atoms with Gasteiger partial charge in [-0.05, 0) is 31.0 Å². The highest BCUT2D eigenvalue weighted by Gasteiger charge is 2.31. The van der Waals surface area contributed by atoms with Crippen LogP contribution in [0.15, 0.2) is 29.4 Å². The van der Waals surface area contributed by atoms with E-state index in [1.54, 1.807) is 18.9 Å². The van der Waals surface area contributed by atoms with E-state index in [4.69, 9.17) is 4.74 Å². The van der Waals surface area contributed by atoms with Gasteiger partial charge in [0.2, 0.25) is 5.91 Å². The number of nitrogens with one attached hydrogen (secondary N) is 1. The van der Waals surface area contributed by atoms with Gasteiger partial charge in [-0.25, -0.2) is 0 Å². The minimum atomic E-state index is -0.0805. The van der Waals surface area contributed by atoms with E-state index in [0.29, 0.717) is 12.5 Å². The second-order valence-corrected chi connectivity index (χ2v) is 6.59. The molecule has 1 aliphatic carbocycles. The van der Waals surface area contributed by atoms with Gasteiger partial charge in [-0.15, -0.1) is 10.2 Å². The normalized spacial score (nSPS) is 14.0. The Labute approximate surface area is 139 Å². The van der Waals surface area contributed by atoms with Gasteiger partial charge in [0.15, 0.2) is 5.16 Å². The summed E-state index contributed by atoms with van der Waals surface area (Å²) >= 11 is 1.63. The number of thioether (sulfide) groups is 1. The molecule has 1 aromatic carbocycles. The Bertz CT molecular complexity index is 697. The summed E-state index contributed by atoms with van der Waals surface area (Å²) in [7, 11) is 1.69. The molecule has 1 aromatic heterocycles. The molecule has 0 radical (unpaired) electrons. The number of hydrogen-bond donors (Lipinski definition) is 1. The van der Waals surface area contributed by atoms with Gasteiger partial charge in [-0.1, -0.05) is 17.8 Å². The van der Waals surface area contributed by atoms with Gasteiger partial charge >= 0.3 is 0 Å². The maximum Gasteiger partial charge on any atom is 0.221 e. The minimum absolute atomic E-state index is 0.0805. The zero-order chi connectivity index (χ0) is 16.2. The first-order chi connectivity index (χ1) is 11.2. The number of amides is 1. The van der Waals surface area contributed by atoms with Gasteiger partial charge < -0.3 is 10.1 Å². The van der Waals surface area contributed by atoms with Crippen LogP contribution in [0.3, 0.4) is 0 Å². The Morgan fingerprint density at radius 2 is 2.26 bits per heavy atom. The van der Waals surface area contributed by atoms with Crippen molar-refractivity contribution in [3.8, 4) is 5.69 Å². The van der Waals surface area contributed by atoms with Crippen LogP contribution in [0, 0.1) is 0 Å². The molecule has 0 unspecified atom stereocenters. The lowest BCUT2D eigenvalue weighted by Crippen LogP contribution is -2.07. The summed E-state index contributed by atoms with van der Waals surface area (Å²) in [6.45, 7) is 2.18. The SMILES string of the molecule is COCCSc1nnc(C2CC2)n1-c1cccc(NC(C)=O)c1. The largest absolute Gasteiger partial charge is 0.384 e. The monoisotopic (exact) mass is 332 g/mol. The molecule has 1 heterocycles. The fraction of sp³-hybridized carbons (Fsp3) is 0.438. The van der Waals surface area contributed by atoms with Crippen LogP contribution in [0.4, 0.5) is 5.69 Å². The van der Waals surface area contributed by atoms with Gasteiger partial charge in [-0.3, -0.25) is 9.36 Å². The molecule has 2 aromatic rings. The van der Waals surface area contributed by atoms with Crippen molar-refractivity contribution in [2.75, 3.05) is 24.8 Å². The number of benzene rings is 1. The third-order valence-electron chi connectivity index (χ3n) is 3.54. The van der Waals surface area contributed by atoms with E-state index in [9.17, 15) is 4.79 Å². The van der Waals surface area contributed by atoms with Crippen LogP contribution in [0.2, 0.25) is 0 Å². The fourth-order valence-corrected chi connectivity index (χ4v) is 3.22. The third kappa shape index (κ3) is 3.92. The first kappa shape index (κ1) is 16.0.